The fourth-order valence-corrected chi connectivity index (χ4v) is 1.98. The number of hydrogen-bond donors (Lipinski definition) is 2. The molecule has 1 atom stereocenters. The van der Waals surface area contributed by atoms with E-state index in [2.05, 4.69) is 15.5 Å². The van der Waals surface area contributed by atoms with Crippen LogP contribution in [-0.2, 0) is 17.9 Å². The lowest BCUT2D eigenvalue weighted by molar-refractivity contribution is -0.122. The Kier molecular flexibility index (Phi) is 4.39. The van der Waals surface area contributed by atoms with E-state index in [4.69, 9.17) is 5.73 Å². The van der Waals surface area contributed by atoms with E-state index in [-0.39, 0.29) is 18.5 Å². The lowest BCUT2D eigenvalue weighted by Crippen LogP contribution is -2.36. The minimum Gasteiger partial charge on any atom is -0.384 e. The molecule has 0 radical (unpaired) electrons. The lowest BCUT2D eigenvalue weighted by atomic mass is 10.2. The SMILES string of the molecule is Cc1cc(N)n(CC(=O)NC(C)CCn2cccn2)n1. The Bertz CT molecular complexity index is 559. The second-order valence-corrected chi connectivity index (χ2v) is 4.89. The summed E-state index contributed by atoms with van der Waals surface area (Å²) in [5, 5.41) is 11.2. The van der Waals surface area contributed by atoms with E-state index in [0.29, 0.717) is 5.82 Å². The minimum absolute atomic E-state index is 0.0737. The van der Waals surface area contributed by atoms with Gasteiger partial charge in [0.1, 0.15) is 12.4 Å². The van der Waals surface area contributed by atoms with Gasteiger partial charge >= 0.3 is 0 Å². The maximum absolute atomic E-state index is 11.9. The number of aryl methyl sites for hydroxylation is 2. The summed E-state index contributed by atoms with van der Waals surface area (Å²) >= 11 is 0. The topological polar surface area (TPSA) is 90.8 Å². The number of carbonyl (C=O) groups excluding carboxylic acids is 1. The van der Waals surface area contributed by atoms with Crippen molar-refractivity contribution in [3.8, 4) is 0 Å². The molecule has 7 nitrogen and oxygen atoms in total. The molecular formula is C13H20N6O. The van der Waals surface area contributed by atoms with Crippen molar-refractivity contribution in [1.29, 1.82) is 0 Å². The third-order valence-electron chi connectivity index (χ3n) is 2.98. The number of anilines is 1. The molecule has 0 aliphatic heterocycles. The van der Waals surface area contributed by atoms with Crippen LogP contribution in [0.5, 0.6) is 0 Å². The number of nitrogens with one attached hydrogen (secondary N) is 1. The van der Waals surface area contributed by atoms with Crippen LogP contribution in [0.1, 0.15) is 19.0 Å². The second-order valence-electron chi connectivity index (χ2n) is 4.89. The van der Waals surface area contributed by atoms with E-state index >= 15 is 0 Å². The van der Waals surface area contributed by atoms with Gasteiger partial charge in [-0.1, -0.05) is 0 Å². The molecule has 2 aromatic heterocycles. The first-order valence-electron chi connectivity index (χ1n) is 6.61. The van der Waals surface area contributed by atoms with Crippen molar-refractivity contribution in [1.82, 2.24) is 24.9 Å². The third kappa shape index (κ3) is 3.84. The molecule has 0 spiro atoms. The smallest absolute Gasteiger partial charge is 0.242 e. The molecule has 1 amide bonds. The van der Waals surface area contributed by atoms with Crippen LogP contribution in [0.3, 0.4) is 0 Å². The molecule has 2 rings (SSSR count). The Morgan fingerprint density at radius 3 is 2.95 bits per heavy atom. The first-order valence-corrected chi connectivity index (χ1v) is 6.61. The van der Waals surface area contributed by atoms with Crippen molar-refractivity contribution in [3.63, 3.8) is 0 Å². The van der Waals surface area contributed by atoms with Crippen LogP contribution in [-0.4, -0.2) is 31.5 Å². The molecular weight excluding hydrogens is 256 g/mol. The van der Waals surface area contributed by atoms with Crippen LogP contribution in [0.4, 0.5) is 5.82 Å². The van der Waals surface area contributed by atoms with Crippen LogP contribution in [0.15, 0.2) is 24.5 Å². The van der Waals surface area contributed by atoms with E-state index in [1.54, 1.807) is 12.3 Å². The molecule has 0 saturated heterocycles. The van der Waals surface area contributed by atoms with Crippen LogP contribution in [0.25, 0.3) is 0 Å². The van der Waals surface area contributed by atoms with Gasteiger partial charge in [-0.2, -0.15) is 10.2 Å². The van der Waals surface area contributed by atoms with Crippen molar-refractivity contribution >= 4 is 11.7 Å². The summed E-state index contributed by atoms with van der Waals surface area (Å²) in [6.07, 6.45) is 4.47. The van der Waals surface area contributed by atoms with E-state index in [1.165, 1.54) is 4.68 Å². The summed E-state index contributed by atoms with van der Waals surface area (Å²) in [6.45, 7) is 4.74. The monoisotopic (exact) mass is 276 g/mol. The maximum atomic E-state index is 11.9. The zero-order chi connectivity index (χ0) is 14.5. The predicted octanol–water partition coefficient (Wildman–Crippen LogP) is 0.565. The zero-order valence-corrected chi connectivity index (χ0v) is 11.8. The number of nitrogens with two attached hydrogens (primary N) is 1. The molecule has 7 heteroatoms. The summed E-state index contributed by atoms with van der Waals surface area (Å²) in [4.78, 5) is 11.9. The van der Waals surface area contributed by atoms with Crippen molar-refractivity contribution in [2.24, 2.45) is 0 Å². The van der Waals surface area contributed by atoms with Gasteiger partial charge in [0.25, 0.3) is 0 Å². The van der Waals surface area contributed by atoms with Crippen molar-refractivity contribution < 1.29 is 4.79 Å². The lowest BCUT2D eigenvalue weighted by Gasteiger charge is -2.14. The maximum Gasteiger partial charge on any atom is 0.242 e. The highest BCUT2D eigenvalue weighted by molar-refractivity contribution is 5.76. The van der Waals surface area contributed by atoms with Gasteiger partial charge < -0.3 is 11.1 Å². The zero-order valence-electron chi connectivity index (χ0n) is 11.8. The Labute approximate surface area is 117 Å². The number of hydrogen-bond acceptors (Lipinski definition) is 4. The van der Waals surface area contributed by atoms with E-state index in [1.807, 2.05) is 30.8 Å². The molecule has 108 valence electrons. The van der Waals surface area contributed by atoms with Gasteiger partial charge in [-0.25, -0.2) is 4.68 Å². The Hall–Kier alpha value is -2.31. The van der Waals surface area contributed by atoms with Crippen LogP contribution < -0.4 is 11.1 Å². The van der Waals surface area contributed by atoms with Gasteiger partial charge in [0.15, 0.2) is 0 Å². The summed E-state index contributed by atoms with van der Waals surface area (Å²) < 4.78 is 3.35. The number of amides is 1. The number of nitrogen functional groups attached to an aromatic ring is 1. The van der Waals surface area contributed by atoms with Gasteiger partial charge in [0, 0.05) is 31.0 Å². The normalized spacial score (nSPS) is 12.3. The summed E-state index contributed by atoms with van der Waals surface area (Å²) in [6, 6.07) is 3.70. The van der Waals surface area contributed by atoms with Crippen LogP contribution in [0, 0.1) is 6.92 Å². The molecule has 0 aliphatic rings. The molecule has 0 aliphatic carbocycles. The van der Waals surface area contributed by atoms with Crippen molar-refractivity contribution in [3.05, 3.63) is 30.2 Å². The number of nitrogens with zero attached hydrogens (tertiary/aromatic N) is 4. The Morgan fingerprint density at radius 1 is 1.55 bits per heavy atom. The molecule has 3 N–H and O–H groups in total. The first-order chi connectivity index (χ1) is 9.54. The molecule has 0 fully saturated rings. The third-order valence-corrected chi connectivity index (χ3v) is 2.98. The van der Waals surface area contributed by atoms with Gasteiger partial charge in [-0.05, 0) is 26.3 Å². The summed E-state index contributed by atoms with van der Waals surface area (Å²) in [5.74, 6) is 0.412. The summed E-state index contributed by atoms with van der Waals surface area (Å²) in [7, 11) is 0. The fraction of sp³-hybridized carbons (Fsp3) is 0.462. The fourth-order valence-electron chi connectivity index (χ4n) is 1.98. The first kappa shape index (κ1) is 14.1. The van der Waals surface area contributed by atoms with Crippen molar-refractivity contribution in [2.45, 2.75) is 39.4 Å². The molecule has 1 unspecified atom stereocenters. The molecule has 2 heterocycles. The van der Waals surface area contributed by atoms with E-state index in [9.17, 15) is 4.79 Å². The summed E-state index contributed by atoms with van der Waals surface area (Å²) in [5.41, 5.74) is 6.56. The predicted molar refractivity (Wildman–Crippen MR) is 75.8 cm³/mol. The van der Waals surface area contributed by atoms with Gasteiger partial charge in [-0.15, -0.1) is 0 Å². The standard InChI is InChI=1S/C13H20N6O/c1-10(4-7-18-6-3-5-15-18)16-13(20)9-19-12(14)8-11(2)17-19/h3,5-6,8,10H,4,7,9,14H2,1-2H3,(H,16,20). The highest BCUT2D eigenvalue weighted by Crippen LogP contribution is 2.04. The number of aromatic nitrogens is 4. The molecule has 0 bridgehead atoms. The molecule has 20 heavy (non-hydrogen) atoms. The Morgan fingerprint density at radius 2 is 2.35 bits per heavy atom. The minimum atomic E-state index is -0.0900. The average molecular weight is 276 g/mol. The van der Waals surface area contributed by atoms with Crippen LogP contribution >= 0.6 is 0 Å². The molecule has 0 aromatic carbocycles. The largest absolute Gasteiger partial charge is 0.384 e. The Balaban J connectivity index is 1.77. The second kappa shape index (κ2) is 6.23. The highest BCUT2D eigenvalue weighted by atomic mass is 16.2. The van der Waals surface area contributed by atoms with Gasteiger partial charge in [0.2, 0.25) is 5.91 Å². The van der Waals surface area contributed by atoms with E-state index in [0.717, 1.165) is 18.7 Å². The van der Waals surface area contributed by atoms with E-state index < -0.39 is 0 Å². The average Bonchev–Trinajstić information content (AvgIpc) is 2.97. The van der Waals surface area contributed by atoms with Crippen molar-refractivity contribution in [2.75, 3.05) is 5.73 Å². The highest BCUT2D eigenvalue weighted by Gasteiger charge is 2.10. The molecule has 2 aromatic rings. The number of carbonyl (C=O) groups is 1. The number of rotatable bonds is 6. The quantitative estimate of drug-likeness (QED) is 0.806. The molecule has 0 saturated carbocycles. The van der Waals surface area contributed by atoms with Gasteiger partial charge in [0.05, 0.1) is 5.69 Å². The van der Waals surface area contributed by atoms with Gasteiger partial charge in [-0.3, -0.25) is 9.48 Å². The van der Waals surface area contributed by atoms with Crippen LogP contribution in [0.2, 0.25) is 0 Å².